The zero-order valence-electron chi connectivity index (χ0n) is 5.77. The summed E-state index contributed by atoms with van der Waals surface area (Å²) in [6.07, 6.45) is 1.37. The Morgan fingerprint density at radius 1 is 1.73 bits per heavy atom. The average Bonchev–Trinajstić information content (AvgIpc) is 1.94. The Balaban J connectivity index is 3.23. The SMILES string of the molecule is Cc1ncc(S)c(C(=O)O)n1. The lowest BCUT2D eigenvalue weighted by atomic mass is 10.4. The zero-order chi connectivity index (χ0) is 8.43. The van der Waals surface area contributed by atoms with Gasteiger partial charge in [0.1, 0.15) is 5.82 Å². The molecule has 0 aliphatic rings. The van der Waals surface area contributed by atoms with Crippen LogP contribution in [0.1, 0.15) is 16.3 Å². The Morgan fingerprint density at radius 2 is 2.36 bits per heavy atom. The van der Waals surface area contributed by atoms with E-state index in [4.69, 9.17) is 5.11 Å². The maximum Gasteiger partial charge on any atom is 0.355 e. The van der Waals surface area contributed by atoms with Crippen LogP contribution < -0.4 is 0 Å². The molecule has 1 rings (SSSR count). The van der Waals surface area contributed by atoms with Crippen LogP contribution in [0.4, 0.5) is 0 Å². The van der Waals surface area contributed by atoms with Crippen LogP contribution in [-0.2, 0) is 0 Å². The number of thiol groups is 1. The maximum atomic E-state index is 10.4. The van der Waals surface area contributed by atoms with Crippen molar-refractivity contribution in [3.8, 4) is 0 Å². The van der Waals surface area contributed by atoms with Crippen molar-refractivity contribution in [2.75, 3.05) is 0 Å². The minimum absolute atomic E-state index is 0.0548. The van der Waals surface area contributed by atoms with Crippen LogP contribution in [0.25, 0.3) is 0 Å². The first-order chi connectivity index (χ1) is 5.11. The third-order valence-electron chi connectivity index (χ3n) is 1.09. The van der Waals surface area contributed by atoms with Crippen molar-refractivity contribution < 1.29 is 9.90 Å². The number of carboxylic acids is 1. The van der Waals surface area contributed by atoms with Gasteiger partial charge in [-0.15, -0.1) is 12.6 Å². The second-order valence-corrected chi connectivity index (χ2v) is 2.44. The lowest BCUT2D eigenvalue weighted by Crippen LogP contribution is -2.04. The first-order valence-corrected chi connectivity index (χ1v) is 3.32. The number of nitrogens with zero attached hydrogens (tertiary/aromatic N) is 2. The fraction of sp³-hybridized carbons (Fsp3) is 0.167. The van der Waals surface area contributed by atoms with Crippen molar-refractivity contribution >= 4 is 18.6 Å². The summed E-state index contributed by atoms with van der Waals surface area (Å²) >= 11 is 3.88. The van der Waals surface area contributed by atoms with Crippen LogP contribution in [0, 0.1) is 6.92 Å². The molecule has 0 aliphatic heterocycles. The molecule has 1 aromatic heterocycles. The minimum atomic E-state index is -1.08. The predicted molar refractivity (Wildman–Crippen MR) is 41.0 cm³/mol. The van der Waals surface area contributed by atoms with E-state index in [0.717, 1.165) is 0 Å². The summed E-state index contributed by atoms with van der Waals surface area (Å²) in [6.45, 7) is 1.62. The molecular formula is C6H6N2O2S. The highest BCUT2D eigenvalue weighted by Crippen LogP contribution is 2.08. The fourth-order valence-corrected chi connectivity index (χ4v) is 0.824. The fourth-order valence-electron chi connectivity index (χ4n) is 0.621. The molecular weight excluding hydrogens is 164 g/mol. The zero-order valence-corrected chi connectivity index (χ0v) is 6.67. The summed E-state index contributed by atoms with van der Waals surface area (Å²) in [6, 6.07) is 0. The van der Waals surface area contributed by atoms with E-state index < -0.39 is 5.97 Å². The van der Waals surface area contributed by atoms with E-state index in [1.54, 1.807) is 6.92 Å². The van der Waals surface area contributed by atoms with Gasteiger partial charge in [-0.1, -0.05) is 0 Å². The molecule has 1 aromatic rings. The van der Waals surface area contributed by atoms with E-state index in [0.29, 0.717) is 5.82 Å². The molecule has 4 nitrogen and oxygen atoms in total. The van der Waals surface area contributed by atoms with Crippen LogP contribution in [0.2, 0.25) is 0 Å². The number of hydrogen-bond acceptors (Lipinski definition) is 4. The molecule has 58 valence electrons. The van der Waals surface area contributed by atoms with E-state index in [1.807, 2.05) is 0 Å². The van der Waals surface area contributed by atoms with Gasteiger partial charge in [0, 0.05) is 6.20 Å². The Kier molecular flexibility index (Phi) is 2.09. The Labute approximate surface area is 68.7 Å². The van der Waals surface area contributed by atoms with Gasteiger partial charge < -0.3 is 5.11 Å². The van der Waals surface area contributed by atoms with E-state index in [1.165, 1.54) is 6.20 Å². The largest absolute Gasteiger partial charge is 0.476 e. The second-order valence-electron chi connectivity index (χ2n) is 1.96. The Bertz CT molecular complexity index is 301. The molecule has 1 heterocycles. The first kappa shape index (κ1) is 8.00. The molecule has 0 fully saturated rings. The molecule has 0 spiro atoms. The molecule has 11 heavy (non-hydrogen) atoms. The van der Waals surface area contributed by atoms with Crippen LogP contribution in [0.15, 0.2) is 11.1 Å². The van der Waals surface area contributed by atoms with Gasteiger partial charge in [-0.2, -0.15) is 0 Å². The molecule has 0 aliphatic carbocycles. The molecule has 0 bridgehead atoms. The predicted octanol–water partition coefficient (Wildman–Crippen LogP) is 0.772. The summed E-state index contributed by atoms with van der Waals surface area (Å²) in [5.74, 6) is -0.652. The Hall–Kier alpha value is -1.10. The summed E-state index contributed by atoms with van der Waals surface area (Å²) in [4.78, 5) is 18.2. The first-order valence-electron chi connectivity index (χ1n) is 2.87. The standard InChI is InChI=1S/C6H6N2O2S/c1-3-7-2-4(11)5(8-3)6(9)10/h2,11H,1H3,(H,9,10). The second kappa shape index (κ2) is 2.87. The van der Waals surface area contributed by atoms with Gasteiger partial charge in [-0.25, -0.2) is 14.8 Å². The highest BCUT2D eigenvalue weighted by atomic mass is 32.1. The quantitative estimate of drug-likeness (QED) is 0.611. The monoisotopic (exact) mass is 170 g/mol. The van der Waals surface area contributed by atoms with Gasteiger partial charge in [-0.3, -0.25) is 0 Å². The van der Waals surface area contributed by atoms with Gasteiger partial charge in [0.2, 0.25) is 0 Å². The molecule has 0 aromatic carbocycles. The molecule has 5 heteroatoms. The smallest absolute Gasteiger partial charge is 0.355 e. The van der Waals surface area contributed by atoms with Gasteiger partial charge >= 0.3 is 5.97 Å². The summed E-state index contributed by atoms with van der Waals surface area (Å²) < 4.78 is 0. The van der Waals surface area contributed by atoms with E-state index in [-0.39, 0.29) is 10.6 Å². The highest BCUT2D eigenvalue weighted by Gasteiger charge is 2.09. The number of aryl methyl sites for hydroxylation is 1. The van der Waals surface area contributed by atoms with Crippen molar-refractivity contribution in [1.82, 2.24) is 9.97 Å². The molecule has 0 saturated heterocycles. The van der Waals surface area contributed by atoms with E-state index >= 15 is 0 Å². The maximum absolute atomic E-state index is 10.4. The number of aromatic nitrogens is 2. The number of aromatic carboxylic acids is 1. The number of carbonyl (C=O) groups is 1. The van der Waals surface area contributed by atoms with Gasteiger partial charge in [0.05, 0.1) is 4.90 Å². The minimum Gasteiger partial charge on any atom is -0.476 e. The Morgan fingerprint density at radius 3 is 2.82 bits per heavy atom. The van der Waals surface area contributed by atoms with Crippen molar-refractivity contribution in [2.45, 2.75) is 11.8 Å². The number of rotatable bonds is 1. The third kappa shape index (κ3) is 1.68. The van der Waals surface area contributed by atoms with Gasteiger partial charge in [0.25, 0.3) is 0 Å². The molecule has 1 N–H and O–H groups in total. The lowest BCUT2D eigenvalue weighted by molar-refractivity contribution is 0.0685. The highest BCUT2D eigenvalue weighted by molar-refractivity contribution is 7.80. The normalized spacial score (nSPS) is 9.64. The number of hydrogen-bond donors (Lipinski definition) is 2. The summed E-state index contributed by atoms with van der Waals surface area (Å²) in [5, 5.41) is 8.55. The molecule has 0 atom stereocenters. The van der Waals surface area contributed by atoms with Crippen molar-refractivity contribution in [2.24, 2.45) is 0 Å². The number of carboxylic acid groups (broad SMARTS) is 1. The van der Waals surface area contributed by atoms with Crippen LogP contribution in [0.3, 0.4) is 0 Å². The summed E-state index contributed by atoms with van der Waals surface area (Å²) in [5.41, 5.74) is -0.0548. The van der Waals surface area contributed by atoms with Crippen LogP contribution in [-0.4, -0.2) is 21.0 Å². The molecule has 0 amide bonds. The van der Waals surface area contributed by atoms with Crippen LogP contribution >= 0.6 is 12.6 Å². The lowest BCUT2D eigenvalue weighted by Gasteiger charge is -1.97. The van der Waals surface area contributed by atoms with Gasteiger partial charge in [0.15, 0.2) is 5.69 Å². The van der Waals surface area contributed by atoms with Crippen molar-refractivity contribution in [3.63, 3.8) is 0 Å². The topological polar surface area (TPSA) is 63.1 Å². The van der Waals surface area contributed by atoms with Gasteiger partial charge in [-0.05, 0) is 6.92 Å². The average molecular weight is 170 g/mol. The van der Waals surface area contributed by atoms with E-state index in [9.17, 15) is 4.79 Å². The molecule has 0 saturated carbocycles. The summed E-state index contributed by atoms with van der Waals surface area (Å²) in [7, 11) is 0. The van der Waals surface area contributed by atoms with E-state index in [2.05, 4.69) is 22.6 Å². The van der Waals surface area contributed by atoms with Crippen LogP contribution in [0.5, 0.6) is 0 Å². The molecule has 0 radical (unpaired) electrons. The van der Waals surface area contributed by atoms with Crippen molar-refractivity contribution in [3.05, 3.63) is 17.7 Å². The molecule has 0 unspecified atom stereocenters. The third-order valence-corrected chi connectivity index (χ3v) is 1.42. The van der Waals surface area contributed by atoms with Crippen molar-refractivity contribution in [1.29, 1.82) is 0 Å².